The highest BCUT2D eigenvalue weighted by Crippen LogP contribution is 2.30. The molecular weight excluding hydrogens is 283 g/mol. The third-order valence-corrected chi connectivity index (χ3v) is 3.92. The number of hydrogen-bond donors (Lipinski definition) is 0. The van der Waals surface area contributed by atoms with Crippen LogP contribution < -0.4 is 0 Å². The van der Waals surface area contributed by atoms with Gasteiger partial charge in [-0.2, -0.15) is 5.10 Å². The van der Waals surface area contributed by atoms with Crippen molar-refractivity contribution in [2.45, 2.75) is 19.8 Å². The van der Waals surface area contributed by atoms with Crippen molar-refractivity contribution in [3.05, 3.63) is 45.7 Å². The highest BCUT2D eigenvalue weighted by atomic mass is 35.5. The summed E-state index contributed by atoms with van der Waals surface area (Å²) < 4.78 is 1.75. The summed E-state index contributed by atoms with van der Waals surface area (Å²) in [5, 5.41) is 5.43. The number of ketones is 1. The van der Waals surface area contributed by atoms with Crippen molar-refractivity contribution in [2.24, 2.45) is 5.92 Å². The van der Waals surface area contributed by atoms with Crippen LogP contribution in [0.3, 0.4) is 0 Å². The van der Waals surface area contributed by atoms with Crippen LogP contribution in [0.2, 0.25) is 10.0 Å². The van der Waals surface area contributed by atoms with Gasteiger partial charge in [-0.3, -0.25) is 4.79 Å². The average Bonchev–Trinajstić information content (AvgIpc) is 2.73. The number of aromatic nitrogens is 2. The number of benzene rings is 1. The van der Waals surface area contributed by atoms with Crippen molar-refractivity contribution in [1.29, 1.82) is 0 Å². The Hall–Kier alpha value is -1.32. The van der Waals surface area contributed by atoms with Gasteiger partial charge in [-0.25, -0.2) is 4.68 Å². The van der Waals surface area contributed by atoms with Gasteiger partial charge in [0.05, 0.1) is 28.2 Å². The summed E-state index contributed by atoms with van der Waals surface area (Å²) in [7, 11) is 0. The first-order chi connectivity index (χ1) is 9.06. The van der Waals surface area contributed by atoms with Crippen molar-refractivity contribution in [3.63, 3.8) is 0 Å². The molecule has 1 aromatic heterocycles. The third kappa shape index (κ3) is 2.17. The molecule has 1 atom stereocenters. The van der Waals surface area contributed by atoms with E-state index in [1.54, 1.807) is 23.0 Å². The van der Waals surface area contributed by atoms with Crippen LogP contribution in [0.4, 0.5) is 0 Å². The molecule has 0 aliphatic heterocycles. The largest absolute Gasteiger partial charge is 0.294 e. The Kier molecular flexibility index (Phi) is 3.11. The normalized spacial score (nSPS) is 18.5. The first kappa shape index (κ1) is 12.7. The number of Topliss-reactive ketones (excluding diaryl/α,β-unsaturated/α-hetero) is 1. The van der Waals surface area contributed by atoms with E-state index in [1.165, 1.54) is 0 Å². The summed E-state index contributed by atoms with van der Waals surface area (Å²) in [5.74, 6) is 0.492. The van der Waals surface area contributed by atoms with Gasteiger partial charge >= 0.3 is 0 Å². The zero-order chi connectivity index (χ0) is 13.6. The van der Waals surface area contributed by atoms with E-state index in [-0.39, 0.29) is 5.78 Å². The van der Waals surface area contributed by atoms with Gasteiger partial charge in [-0.05, 0) is 30.5 Å². The second-order valence-electron chi connectivity index (χ2n) is 4.95. The Labute approximate surface area is 121 Å². The smallest absolute Gasteiger partial charge is 0.166 e. The maximum Gasteiger partial charge on any atom is 0.166 e. The molecule has 5 heteroatoms. The van der Waals surface area contributed by atoms with E-state index < -0.39 is 0 Å². The first-order valence-electron chi connectivity index (χ1n) is 6.12. The Morgan fingerprint density at radius 3 is 2.84 bits per heavy atom. The van der Waals surface area contributed by atoms with Gasteiger partial charge in [-0.15, -0.1) is 0 Å². The van der Waals surface area contributed by atoms with Crippen LogP contribution >= 0.6 is 23.2 Å². The van der Waals surface area contributed by atoms with E-state index in [0.29, 0.717) is 27.9 Å². The number of rotatable bonds is 1. The molecule has 0 saturated carbocycles. The van der Waals surface area contributed by atoms with Gasteiger partial charge in [0, 0.05) is 11.4 Å². The van der Waals surface area contributed by atoms with Gasteiger partial charge in [0.15, 0.2) is 5.78 Å². The summed E-state index contributed by atoms with van der Waals surface area (Å²) in [4.78, 5) is 12.0. The summed E-state index contributed by atoms with van der Waals surface area (Å²) in [5.41, 5.74) is 2.41. The van der Waals surface area contributed by atoms with Crippen LogP contribution in [0, 0.1) is 5.92 Å². The third-order valence-electron chi connectivity index (χ3n) is 3.38. The van der Waals surface area contributed by atoms with Crippen molar-refractivity contribution in [1.82, 2.24) is 9.78 Å². The molecule has 0 spiro atoms. The van der Waals surface area contributed by atoms with E-state index in [2.05, 4.69) is 12.0 Å². The predicted molar refractivity (Wildman–Crippen MR) is 75.4 cm³/mol. The maximum atomic E-state index is 12.0. The van der Waals surface area contributed by atoms with Gasteiger partial charge in [0.2, 0.25) is 0 Å². The lowest BCUT2D eigenvalue weighted by Gasteiger charge is -2.19. The van der Waals surface area contributed by atoms with Crippen LogP contribution in [-0.4, -0.2) is 15.6 Å². The molecule has 1 aliphatic carbocycles. The van der Waals surface area contributed by atoms with Crippen LogP contribution in [0.15, 0.2) is 24.4 Å². The Bertz CT molecular complexity index is 663. The molecule has 0 N–H and O–H groups in total. The van der Waals surface area contributed by atoms with Gasteiger partial charge in [0.1, 0.15) is 0 Å². The second-order valence-corrected chi connectivity index (χ2v) is 5.79. The van der Waals surface area contributed by atoms with E-state index in [1.807, 2.05) is 6.07 Å². The Morgan fingerprint density at radius 2 is 2.11 bits per heavy atom. The van der Waals surface area contributed by atoms with Crippen LogP contribution in [0.25, 0.3) is 5.69 Å². The SMILES string of the molecule is C[C@H]1CC(=O)c2cnn(-c3ccc(Cl)cc3Cl)c2C1. The molecule has 0 fully saturated rings. The molecule has 0 unspecified atom stereocenters. The fourth-order valence-corrected chi connectivity index (χ4v) is 2.98. The molecule has 0 amide bonds. The topological polar surface area (TPSA) is 34.9 Å². The maximum absolute atomic E-state index is 12.0. The van der Waals surface area contributed by atoms with E-state index in [4.69, 9.17) is 23.2 Å². The fourth-order valence-electron chi connectivity index (χ4n) is 2.49. The molecule has 1 aliphatic rings. The quantitative estimate of drug-likeness (QED) is 0.798. The van der Waals surface area contributed by atoms with Crippen LogP contribution in [0.1, 0.15) is 29.4 Å². The Morgan fingerprint density at radius 1 is 1.32 bits per heavy atom. The molecular formula is C14H12Cl2N2O. The molecule has 1 aromatic carbocycles. The number of halogens is 2. The second kappa shape index (κ2) is 4.66. The molecule has 1 heterocycles. The number of nitrogens with zero attached hydrogens (tertiary/aromatic N) is 2. The molecule has 3 nitrogen and oxygen atoms in total. The first-order valence-corrected chi connectivity index (χ1v) is 6.87. The predicted octanol–water partition coefficient (Wildman–Crippen LogP) is 3.94. The minimum atomic E-state index is 0.157. The molecule has 0 saturated heterocycles. The Balaban J connectivity index is 2.14. The van der Waals surface area contributed by atoms with E-state index >= 15 is 0 Å². The minimum absolute atomic E-state index is 0.157. The van der Waals surface area contributed by atoms with Crippen LogP contribution in [-0.2, 0) is 6.42 Å². The monoisotopic (exact) mass is 294 g/mol. The molecule has 98 valence electrons. The lowest BCUT2D eigenvalue weighted by Crippen LogP contribution is -2.19. The molecule has 0 radical (unpaired) electrons. The van der Waals surface area contributed by atoms with Crippen molar-refractivity contribution < 1.29 is 4.79 Å². The highest BCUT2D eigenvalue weighted by Gasteiger charge is 2.27. The average molecular weight is 295 g/mol. The van der Waals surface area contributed by atoms with Gasteiger partial charge in [0.25, 0.3) is 0 Å². The summed E-state index contributed by atoms with van der Waals surface area (Å²) in [6.45, 7) is 2.07. The summed E-state index contributed by atoms with van der Waals surface area (Å²) >= 11 is 12.1. The molecule has 19 heavy (non-hydrogen) atoms. The molecule has 3 rings (SSSR count). The van der Waals surface area contributed by atoms with Gasteiger partial charge in [-0.1, -0.05) is 30.1 Å². The highest BCUT2D eigenvalue weighted by molar-refractivity contribution is 6.35. The number of fused-ring (bicyclic) bond motifs is 1. The molecule has 0 bridgehead atoms. The number of carbonyl (C=O) groups is 1. The van der Waals surface area contributed by atoms with Crippen molar-refractivity contribution in [3.8, 4) is 5.69 Å². The van der Waals surface area contributed by atoms with Crippen molar-refractivity contribution >= 4 is 29.0 Å². The molecule has 2 aromatic rings. The summed E-state index contributed by atoms with van der Waals surface area (Å²) in [6.07, 6.45) is 3.06. The van der Waals surface area contributed by atoms with Crippen molar-refractivity contribution in [2.75, 3.05) is 0 Å². The van der Waals surface area contributed by atoms with E-state index in [9.17, 15) is 4.79 Å². The fraction of sp³-hybridized carbons (Fsp3) is 0.286. The number of hydrogen-bond acceptors (Lipinski definition) is 2. The zero-order valence-electron chi connectivity index (χ0n) is 10.4. The minimum Gasteiger partial charge on any atom is -0.294 e. The summed E-state index contributed by atoms with van der Waals surface area (Å²) in [6, 6.07) is 5.27. The standard InChI is InChI=1S/C14H12Cl2N2O/c1-8-4-13-10(14(19)5-8)7-17-18(13)12-3-2-9(15)6-11(12)16/h2-3,6-8H,4-5H2,1H3/t8-/m1/s1. The van der Waals surface area contributed by atoms with Gasteiger partial charge < -0.3 is 0 Å². The number of carbonyl (C=O) groups excluding carboxylic acids is 1. The van der Waals surface area contributed by atoms with Crippen LogP contribution in [0.5, 0.6) is 0 Å². The lowest BCUT2D eigenvalue weighted by atomic mass is 9.88. The van der Waals surface area contributed by atoms with E-state index in [0.717, 1.165) is 17.8 Å². The zero-order valence-corrected chi connectivity index (χ0v) is 11.9. The lowest BCUT2D eigenvalue weighted by molar-refractivity contribution is 0.0952.